The van der Waals surface area contributed by atoms with Crippen LogP contribution in [0.25, 0.3) is 0 Å². The molecule has 0 aliphatic heterocycles. The summed E-state index contributed by atoms with van der Waals surface area (Å²) in [6.45, 7) is 1.93. The van der Waals surface area contributed by atoms with E-state index in [0.29, 0.717) is 5.92 Å². The molecule has 1 aliphatic rings. The van der Waals surface area contributed by atoms with Gasteiger partial charge in [0.1, 0.15) is 0 Å². The van der Waals surface area contributed by atoms with Gasteiger partial charge in [0.15, 0.2) is 0 Å². The number of halogens is 1. The summed E-state index contributed by atoms with van der Waals surface area (Å²) in [4.78, 5) is 0. The maximum atomic E-state index is 9.47. The number of hydrogen-bond donors (Lipinski definition) is 1. The quantitative estimate of drug-likeness (QED) is 0.842. The van der Waals surface area contributed by atoms with Gasteiger partial charge in [-0.3, -0.25) is 4.68 Å². The van der Waals surface area contributed by atoms with Crippen LogP contribution in [0.5, 0.6) is 0 Å². The Balaban J connectivity index is 2.10. The van der Waals surface area contributed by atoms with Crippen LogP contribution in [0.3, 0.4) is 0 Å². The lowest BCUT2D eigenvalue weighted by Crippen LogP contribution is -2.07. The summed E-state index contributed by atoms with van der Waals surface area (Å²) in [5, 5.41) is 14.6. The minimum Gasteiger partial charge on any atom is -0.393 e. The molecular formula is C11H17ClN2O. The van der Waals surface area contributed by atoms with Gasteiger partial charge in [0.2, 0.25) is 0 Å². The highest BCUT2D eigenvalue weighted by atomic mass is 35.5. The summed E-state index contributed by atoms with van der Waals surface area (Å²) in [6, 6.07) is 0. The van der Waals surface area contributed by atoms with Crippen LogP contribution in [0.15, 0.2) is 0 Å². The van der Waals surface area contributed by atoms with Crippen molar-refractivity contribution in [3.63, 3.8) is 0 Å². The second-order valence-electron chi connectivity index (χ2n) is 4.51. The van der Waals surface area contributed by atoms with Crippen molar-refractivity contribution in [1.29, 1.82) is 0 Å². The van der Waals surface area contributed by atoms with E-state index >= 15 is 0 Å². The summed E-state index contributed by atoms with van der Waals surface area (Å²) in [7, 11) is 1.93. The monoisotopic (exact) mass is 228 g/mol. The van der Waals surface area contributed by atoms with Gasteiger partial charge in [0.05, 0.1) is 22.5 Å². The first-order valence-corrected chi connectivity index (χ1v) is 5.81. The molecule has 0 radical (unpaired) electrons. The highest BCUT2D eigenvalue weighted by Gasteiger charge is 2.25. The lowest BCUT2D eigenvalue weighted by atomic mass is 10.0. The third kappa shape index (κ3) is 2.18. The number of aromatic nitrogens is 2. The molecule has 2 unspecified atom stereocenters. The van der Waals surface area contributed by atoms with Crippen LogP contribution in [-0.4, -0.2) is 21.0 Å². The predicted octanol–water partition coefficient (Wildman–Crippen LogP) is 2.09. The second kappa shape index (κ2) is 4.14. The molecule has 3 nitrogen and oxygen atoms in total. The first-order valence-electron chi connectivity index (χ1n) is 5.44. The van der Waals surface area contributed by atoms with E-state index in [2.05, 4.69) is 5.10 Å². The van der Waals surface area contributed by atoms with Crippen LogP contribution >= 0.6 is 11.6 Å². The largest absolute Gasteiger partial charge is 0.393 e. The van der Waals surface area contributed by atoms with Gasteiger partial charge in [0.25, 0.3) is 0 Å². The number of aliphatic hydroxyl groups is 1. The Kier molecular flexibility index (Phi) is 3.03. The Hall–Kier alpha value is -0.540. The van der Waals surface area contributed by atoms with Gasteiger partial charge in [-0.25, -0.2) is 0 Å². The van der Waals surface area contributed by atoms with Crippen molar-refractivity contribution < 1.29 is 5.11 Å². The highest BCUT2D eigenvalue weighted by Crippen LogP contribution is 2.31. The minimum atomic E-state index is -0.108. The smallest absolute Gasteiger partial charge is 0.0847 e. The Bertz CT molecular complexity index is 362. The number of aryl methyl sites for hydroxylation is 2. The topological polar surface area (TPSA) is 38.0 Å². The van der Waals surface area contributed by atoms with Gasteiger partial charge in [0, 0.05) is 7.05 Å². The molecule has 1 aromatic heterocycles. The molecule has 0 aromatic carbocycles. The van der Waals surface area contributed by atoms with Gasteiger partial charge < -0.3 is 5.11 Å². The molecule has 1 saturated carbocycles. The second-order valence-corrected chi connectivity index (χ2v) is 4.88. The number of hydrogen-bond acceptors (Lipinski definition) is 2. The lowest BCUT2D eigenvalue weighted by Gasteiger charge is -2.09. The SMILES string of the molecule is Cc1nn(C)c(CC2CCC(O)C2)c1Cl. The van der Waals surface area contributed by atoms with E-state index in [1.54, 1.807) is 0 Å². The van der Waals surface area contributed by atoms with E-state index in [9.17, 15) is 5.11 Å². The molecule has 2 atom stereocenters. The van der Waals surface area contributed by atoms with Gasteiger partial charge in [-0.05, 0) is 38.5 Å². The van der Waals surface area contributed by atoms with Crippen molar-refractivity contribution in [2.24, 2.45) is 13.0 Å². The molecule has 0 saturated heterocycles. The van der Waals surface area contributed by atoms with Crippen LogP contribution < -0.4 is 0 Å². The molecule has 4 heteroatoms. The molecule has 1 fully saturated rings. The van der Waals surface area contributed by atoms with E-state index in [0.717, 1.165) is 42.1 Å². The molecule has 84 valence electrons. The summed E-state index contributed by atoms with van der Waals surface area (Å²) < 4.78 is 1.86. The van der Waals surface area contributed by atoms with Gasteiger partial charge in [-0.15, -0.1) is 0 Å². The fourth-order valence-electron chi connectivity index (χ4n) is 2.41. The third-order valence-corrected chi connectivity index (χ3v) is 3.75. The Labute approximate surface area is 95.0 Å². The molecular weight excluding hydrogens is 212 g/mol. The fraction of sp³-hybridized carbons (Fsp3) is 0.727. The molecule has 0 amide bonds. The standard InChI is InChI=1S/C11H17ClN2O/c1-7-11(12)10(14(2)13-7)6-8-3-4-9(15)5-8/h8-9,15H,3-6H2,1-2H3. The molecule has 1 aliphatic carbocycles. The highest BCUT2D eigenvalue weighted by molar-refractivity contribution is 6.31. The summed E-state index contributed by atoms with van der Waals surface area (Å²) in [6.07, 6.45) is 3.76. The first kappa shape index (κ1) is 11.0. The van der Waals surface area contributed by atoms with Crippen LogP contribution in [0.2, 0.25) is 5.02 Å². The summed E-state index contributed by atoms with van der Waals surface area (Å²) in [5.74, 6) is 0.562. The fourth-order valence-corrected chi connectivity index (χ4v) is 2.65. The zero-order valence-corrected chi connectivity index (χ0v) is 9.96. The zero-order valence-electron chi connectivity index (χ0n) is 9.20. The van der Waals surface area contributed by atoms with Crippen LogP contribution in [0.1, 0.15) is 30.7 Å². The summed E-state index contributed by atoms with van der Waals surface area (Å²) >= 11 is 6.18. The maximum Gasteiger partial charge on any atom is 0.0847 e. The maximum absolute atomic E-state index is 9.47. The van der Waals surface area contributed by atoms with Crippen LogP contribution in [0, 0.1) is 12.8 Å². The molecule has 15 heavy (non-hydrogen) atoms. The number of nitrogens with zero attached hydrogens (tertiary/aromatic N) is 2. The summed E-state index contributed by atoms with van der Waals surface area (Å²) in [5.41, 5.74) is 2.00. The minimum absolute atomic E-state index is 0.108. The molecule has 0 bridgehead atoms. The first-order chi connectivity index (χ1) is 7.08. The molecule has 1 heterocycles. The Morgan fingerprint density at radius 3 is 2.73 bits per heavy atom. The average molecular weight is 229 g/mol. The third-order valence-electron chi connectivity index (χ3n) is 3.26. The molecule has 1 N–H and O–H groups in total. The van der Waals surface area contributed by atoms with Gasteiger partial charge in [-0.2, -0.15) is 5.10 Å². The van der Waals surface area contributed by atoms with E-state index in [1.807, 2.05) is 18.7 Å². The molecule has 2 rings (SSSR count). The number of rotatable bonds is 2. The Morgan fingerprint density at radius 1 is 1.53 bits per heavy atom. The lowest BCUT2D eigenvalue weighted by molar-refractivity contribution is 0.177. The van der Waals surface area contributed by atoms with Crippen molar-refractivity contribution >= 4 is 11.6 Å². The van der Waals surface area contributed by atoms with E-state index in [4.69, 9.17) is 11.6 Å². The van der Waals surface area contributed by atoms with Crippen molar-refractivity contribution in [3.05, 3.63) is 16.4 Å². The normalized spacial score (nSPS) is 26.1. The number of aliphatic hydroxyl groups excluding tert-OH is 1. The van der Waals surface area contributed by atoms with E-state index in [-0.39, 0.29) is 6.10 Å². The van der Waals surface area contributed by atoms with E-state index in [1.165, 1.54) is 0 Å². The zero-order chi connectivity index (χ0) is 11.0. The van der Waals surface area contributed by atoms with Crippen LogP contribution in [-0.2, 0) is 13.5 Å². The average Bonchev–Trinajstić information content (AvgIpc) is 2.67. The molecule has 1 aromatic rings. The van der Waals surface area contributed by atoms with Crippen molar-refractivity contribution in [2.75, 3.05) is 0 Å². The van der Waals surface area contributed by atoms with E-state index < -0.39 is 0 Å². The predicted molar refractivity (Wildman–Crippen MR) is 60.0 cm³/mol. The van der Waals surface area contributed by atoms with Crippen molar-refractivity contribution in [3.8, 4) is 0 Å². The van der Waals surface area contributed by atoms with Gasteiger partial charge in [-0.1, -0.05) is 11.6 Å². The van der Waals surface area contributed by atoms with Crippen molar-refractivity contribution in [1.82, 2.24) is 9.78 Å². The van der Waals surface area contributed by atoms with Crippen LogP contribution in [0.4, 0.5) is 0 Å². The van der Waals surface area contributed by atoms with Gasteiger partial charge >= 0.3 is 0 Å². The van der Waals surface area contributed by atoms with Crippen molar-refractivity contribution in [2.45, 2.75) is 38.7 Å². The Morgan fingerprint density at radius 2 is 2.27 bits per heavy atom. The molecule has 0 spiro atoms.